The average molecular weight is 220 g/mol. The Balaban J connectivity index is 2.30. The smallest absolute Gasteiger partial charge is 0.309 e. The second-order valence-electron chi connectivity index (χ2n) is 4.95. The van der Waals surface area contributed by atoms with E-state index in [0.29, 0.717) is 11.8 Å². The molecule has 0 N–H and O–H groups in total. The van der Waals surface area contributed by atoms with Crippen molar-refractivity contribution in [3.8, 4) is 0 Å². The Bertz CT molecular complexity index is 303. The van der Waals surface area contributed by atoms with Gasteiger partial charge < -0.3 is 4.74 Å². The molecular weight excluding hydrogens is 200 g/mol. The minimum absolute atomic E-state index is 0.0249. The summed E-state index contributed by atoms with van der Waals surface area (Å²) in [5.41, 5.74) is -0.318. The Labute approximate surface area is 97.4 Å². The van der Waals surface area contributed by atoms with Gasteiger partial charge >= 0.3 is 5.97 Å². The lowest BCUT2D eigenvalue weighted by atomic mass is 9.79. The number of carbonyl (C=O) groups is 1. The van der Waals surface area contributed by atoms with Crippen LogP contribution in [0.15, 0.2) is 25.3 Å². The number of ether oxygens (including phenoxy) is 1. The molecule has 2 nitrogen and oxygen atoms in total. The second-order valence-corrected chi connectivity index (χ2v) is 4.95. The maximum absolute atomic E-state index is 11.8. The van der Waals surface area contributed by atoms with E-state index in [2.05, 4.69) is 13.2 Å². The molecule has 1 aliphatic carbocycles. The first-order valence-electron chi connectivity index (χ1n) is 6.16. The Morgan fingerprint density at radius 2 is 1.94 bits per heavy atom. The summed E-state index contributed by atoms with van der Waals surface area (Å²) in [6.45, 7) is 9.81. The van der Waals surface area contributed by atoms with Gasteiger partial charge in [-0.1, -0.05) is 19.1 Å². The van der Waals surface area contributed by atoms with E-state index in [1.165, 1.54) is 0 Å². The van der Waals surface area contributed by atoms with Crippen molar-refractivity contribution >= 4 is 5.97 Å². The Hall–Kier alpha value is -1.05. The third kappa shape index (κ3) is 1.43. The first kappa shape index (κ1) is 11.4. The van der Waals surface area contributed by atoms with E-state index in [4.69, 9.17) is 4.74 Å². The molecule has 3 atom stereocenters. The molecule has 88 valence electrons. The summed E-state index contributed by atoms with van der Waals surface area (Å²) >= 11 is 0. The second kappa shape index (κ2) is 4.08. The highest BCUT2D eigenvalue weighted by Crippen LogP contribution is 2.52. The zero-order valence-corrected chi connectivity index (χ0v) is 9.95. The third-order valence-corrected chi connectivity index (χ3v) is 4.30. The van der Waals surface area contributed by atoms with E-state index in [9.17, 15) is 4.79 Å². The maximum atomic E-state index is 11.8. The fourth-order valence-corrected chi connectivity index (χ4v) is 3.30. The minimum atomic E-state index is -0.318. The van der Waals surface area contributed by atoms with Crippen molar-refractivity contribution in [1.82, 2.24) is 0 Å². The van der Waals surface area contributed by atoms with E-state index >= 15 is 0 Å². The van der Waals surface area contributed by atoms with Gasteiger partial charge in [0.05, 0.1) is 5.92 Å². The number of hydrogen-bond acceptors (Lipinski definition) is 2. The van der Waals surface area contributed by atoms with Crippen molar-refractivity contribution in [2.75, 3.05) is 0 Å². The van der Waals surface area contributed by atoms with Gasteiger partial charge in [-0.3, -0.25) is 4.79 Å². The monoisotopic (exact) mass is 220 g/mol. The number of esters is 1. The van der Waals surface area contributed by atoms with Crippen LogP contribution in [0.1, 0.15) is 32.6 Å². The summed E-state index contributed by atoms with van der Waals surface area (Å²) in [6.07, 6.45) is 7.74. The largest absolute Gasteiger partial charge is 0.458 e. The summed E-state index contributed by atoms with van der Waals surface area (Å²) < 4.78 is 5.74. The van der Waals surface area contributed by atoms with Crippen LogP contribution in [0.3, 0.4) is 0 Å². The predicted octanol–water partition coefficient (Wildman–Crippen LogP) is 3.10. The highest BCUT2D eigenvalue weighted by molar-refractivity contribution is 5.75. The van der Waals surface area contributed by atoms with Gasteiger partial charge in [0.15, 0.2) is 0 Å². The summed E-state index contributed by atoms with van der Waals surface area (Å²) in [7, 11) is 0. The van der Waals surface area contributed by atoms with E-state index in [0.717, 1.165) is 25.7 Å². The summed E-state index contributed by atoms with van der Waals surface area (Å²) in [5.74, 6) is 0.651. The summed E-state index contributed by atoms with van der Waals surface area (Å²) in [5, 5.41) is 0. The summed E-state index contributed by atoms with van der Waals surface area (Å²) in [6, 6.07) is 0. The fraction of sp³-hybridized carbons (Fsp3) is 0.643. The highest BCUT2D eigenvalue weighted by Gasteiger charge is 2.56. The van der Waals surface area contributed by atoms with E-state index in [-0.39, 0.29) is 17.5 Å². The molecule has 2 rings (SSSR count). The number of carbonyl (C=O) groups excluding carboxylic acids is 1. The molecule has 2 heteroatoms. The first-order valence-corrected chi connectivity index (χ1v) is 6.16. The molecule has 1 heterocycles. The number of hydrogen-bond donors (Lipinski definition) is 0. The molecule has 2 fully saturated rings. The van der Waals surface area contributed by atoms with E-state index in [1.807, 2.05) is 19.1 Å². The molecule has 1 spiro atoms. The van der Waals surface area contributed by atoms with Gasteiger partial charge in [-0.2, -0.15) is 0 Å². The van der Waals surface area contributed by atoms with Crippen molar-refractivity contribution in [3.63, 3.8) is 0 Å². The van der Waals surface area contributed by atoms with Gasteiger partial charge in [0.1, 0.15) is 5.60 Å². The molecule has 1 aliphatic heterocycles. The molecule has 0 unspecified atom stereocenters. The van der Waals surface area contributed by atoms with Gasteiger partial charge in [-0.15, -0.1) is 13.2 Å². The van der Waals surface area contributed by atoms with Crippen LogP contribution in [0, 0.1) is 17.8 Å². The van der Waals surface area contributed by atoms with Crippen LogP contribution < -0.4 is 0 Å². The molecule has 0 radical (unpaired) electrons. The Morgan fingerprint density at radius 3 is 2.31 bits per heavy atom. The van der Waals surface area contributed by atoms with Crippen LogP contribution in [0.25, 0.3) is 0 Å². The van der Waals surface area contributed by atoms with E-state index < -0.39 is 0 Å². The molecule has 2 aliphatic rings. The average Bonchev–Trinajstić information content (AvgIpc) is 2.79. The SMILES string of the molecule is C=C[C@@H]1CC[C@@H](C=C)C12C[C@H](CC)C(=O)O2. The topological polar surface area (TPSA) is 26.3 Å². The molecular formula is C14H20O2. The van der Waals surface area contributed by atoms with Gasteiger partial charge in [-0.25, -0.2) is 0 Å². The molecule has 0 aromatic rings. The third-order valence-electron chi connectivity index (χ3n) is 4.30. The van der Waals surface area contributed by atoms with Crippen molar-refractivity contribution < 1.29 is 9.53 Å². The van der Waals surface area contributed by atoms with Gasteiger partial charge in [0.25, 0.3) is 0 Å². The number of rotatable bonds is 3. The molecule has 16 heavy (non-hydrogen) atoms. The lowest BCUT2D eigenvalue weighted by molar-refractivity contribution is -0.154. The molecule has 0 aromatic carbocycles. The molecule has 0 aromatic heterocycles. The minimum Gasteiger partial charge on any atom is -0.458 e. The van der Waals surface area contributed by atoms with E-state index in [1.54, 1.807) is 0 Å². The van der Waals surface area contributed by atoms with Crippen LogP contribution in [0.2, 0.25) is 0 Å². The van der Waals surface area contributed by atoms with Crippen molar-refractivity contribution in [1.29, 1.82) is 0 Å². The van der Waals surface area contributed by atoms with Gasteiger partial charge in [0.2, 0.25) is 0 Å². The van der Waals surface area contributed by atoms with Crippen LogP contribution in [0.4, 0.5) is 0 Å². The van der Waals surface area contributed by atoms with Crippen molar-refractivity contribution in [2.24, 2.45) is 17.8 Å². The summed E-state index contributed by atoms with van der Waals surface area (Å²) in [4.78, 5) is 11.8. The standard InChI is InChI=1S/C14H20O2/c1-4-10-9-14(16-13(10)15)11(5-2)7-8-12(14)6-3/h5-6,10-12H,2-4,7-9H2,1H3/t10-,11+,12+/m0/s1. The lowest BCUT2D eigenvalue weighted by Gasteiger charge is -2.32. The fourth-order valence-electron chi connectivity index (χ4n) is 3.30. The molecule has 1 saturated carbocycles. The molecule has 0 bridgehead atoms. The van der Waals surface area contributed by atoms with Crippen LogP contribution in [0.5, 0.6) is 0 Å². The zero-order chi connectivity index (χ0) is 11.8. The van der Waals surface area contributed by atoms with Crippen molar-refractivity contribution in [2.45, 2.75) is 38.2 Å². The zero-order valence-electron chi connectivity index (χ0n) is 9.95. The predicted molar refractivity (Wildman–Crippen MR) is 63.8 cm³/mol. The molecule has 0 amide bonds. The van der Waals surface area contributed by atoms with Gasteiger partial charge in [0, 0.05) is 18.3 Å². The van der Waals surface area contributed by atoms with Crippen LogP contribution >= 0.6 is 0 Å². The highest BCUT2D eigenvalue weighted by atomic mass is 16.6. The normalized spacial score (nSPS) is 36.3. The Kier molecular flexibility index (Phi) is 2.92. The van der Waals surface area contributed by atoms with Crippen molar-refractivity contribution in [3.05, 3.63) is 25.3 Å². The molecule has 1 saturated heterocycles. The first-order chi connectivity index (χ1) is 7.67. The van der Waals surface area contributed by atoms with Crippen LogP contribution in [-0.4, -0.2) is 11.6 Å². The Morgan fingerprint density at radius 1 is 1.38 bits per heavy atom. The van der Waals surface area contributed by atoms with Crippen LogP contribution in [-0.2, 0) is 9.53 Å². The van der Waals surface area contributed by atoms with Gasteiger partial charge in [-0.05, 0) is 19.3 Å². The maximum Gasteiger partial charge on any atom is 0.309 e. The quantitative estimate of drug-likeness (QED) is 0.539. The lowest BCUT2D eigenvalue weighted by Crippen LogP contribution is -2.38.